The van der Waals surface area contributed by atoms with Crippen LogP contribution in [0.25, 0.3) is 0 Å². The summed E-state index contributed by atoms with van der Waals surface area (Å²) in [6, 6.07) is 0. The molecule has 0 rings (SSSR count). The molecular weight excluding hydrogens is 174 g/mol. The zero-order chi connectivity index (χ0) is 10.8. The summed E-state index contributed by atoms with van der Waals surface area (Å²) >= 11 is 0. The fourth-order valence-electron chi connectivity index (χ4n) is 1.50. The van der Waals surface area contributed by atoms with Crippen molar-refractivity contribution in [2.45, 2.75) is 65.2 Å². The maximum atomic E-state index is 10.8. The van der Waals surface area contributed by atoms with Gasteiger partial charge >= 0.3 is 0 Å². The molecule has 14 heavy (non-hydrogen) atoms. The molecule has 0 spiro atoms. The topological polar surface area (TPSA) is 26.1 Å². The van der Waals surface area contributed by atoms with Crippen molar-refractivity contribution in [2.75, 3.05) is 7.05 Å². The van der Waals surface area contributed by atoms with Crippen molar-refractivity contribution in [3.05, 3.63) is 5.21 Å². The molecule has 0 fully saturated rings. The van der Waals surface area contributed by atoms with E-state index in [2.05, 4.69) is 6.92 Å². The summed E-state index contributed by atoms with van der Waals surface area (Å²) in [5, 5.41) is 10.8. The molecule has 0 heterocycles. The van der Waals surface area contributed by atoms with E-state index < -0.39 is 0 Å². The lowest BCUT2D eigenvalue weighted by Crippen LogP contribution is -2.07. The minimum Gasteiger partial charge on any atom is -0.624 e. The SMILES string of the molecule is CCCCCCCCCC(C)=[N+](C)[O-]. The molecule has 0 bridgehead atoms. The third-order valence-electron chi connectivity index (χ3n) is 2.68. The van der Waals surface area contributed by atoms with Crippen molar-refractivity contribution in [3.63, 3.8) is 0 Å². The average molecular weight is 199 g/mol. The van der Waals surface area contributed by atoms with E-state index in [1.165, 1.54) is 44.9 Å². The molecule has 0 aromatic rings. The summed E-state index contributed by atoms with van der Waals surface area (Å²) in [6.07, 6.45) is 10.2. The van der Waals surface area contributed by atoms with Crippen molar-refractivity contribution in [1.29, 1.82) is 0 Å². The van der Waals surface area contributed by atoms with Crippen LogP contribution in [0.4, 0.5) is 0 Å². The maximum Gasteiger partial charge on any atom is 0.160 e. The second kappa shape index (κ2) is 9.04. The van der Waals surface area contributed by atoms with Crippen molar-refractivity contribution in [1.82, 2.24) is 0 Å². The Morgan fingerprint density at radius 3 is 2.00 bits per heavy atom. The molecular formula is C12H25NO. The minimum absolute atomic E-state index is 0.957. The Bertz CT molecular complexity index is 160. The summed E-state index contributed by atoms with van der Waals surface area (Å²) < 4.78 is 0.983. The molecule has 0 aromatic carbocycles. The van der Waals surface area contributed by atoms with Crippen molar-refractivity contribution >= 4 is 5.71 Å². The van der Waals surface area contributed by atoms with Gasteiger partial charge in [-0.05, 0) is 6.42 Å². The van der Waals surface area contributed by atoms with Crippen LogP contribution in [0.5, 0.6) is 0 Å². The van der Waals surface area contributed by atoms with E-state index in [0.29, 0.717) is 0 Å². The third kappa shape index (κ3) is 8.09. The molecule has 0 unspecified atom stereocenters. The monoisotopic (exact) mass is 199 g/mol. The molecule has 0 amide bonds. The molecule has 0 aromatic heterocycles. The highest BCUT2D eigenvalue weighted by Crippen LogP contribution is 2.08. The van der Waals surface area contributed by atoms with E-state index in [9.17, 15) is 5.21 Å². The van der Waals surface area contributed by atoms with Crippen LogP contribution < -0.4 is 0 Å². The highest BCUT2D eigenvalue weighted by molar-refractivity contribution is 5.76. The molecule has 0 saturated carbocycles. The predicted octanol–water partition coefficient (Wildman–Crippen LogP) is 3.73. The van der Waals surface area contributed by atoms with E-state index in [0.717, 1.165) is 16.9 Å². The Kier molecular flexibility index (Phi) is 8.70. The Hall–Kier alpha value is -0.530. The van der Waals surface area contributed by atoms with Gasteiger partial charge in [-0.25, -0.2) is 4.74 Å². The first kappa shape index (κ1) is 13.5. The quantitative estimate of drug-likeness (QED) is 0.192. The van der Waals surface area contributed by atoms with Crippen LogP contribution in [0.15, 0.2) is 0 Å². The number of hydrogen-bond acceptors (Lipinski definition) is 1. The summed E-state index contributed by atoms with van der Waals surface area (Å²) in [4.78, 5) is 0. The number of hydroxylamine groups is 1. The van der Waals surface area contributed by atoms with Crippen LogP contribution in [0.2, 0.25) is 0 Å². The van der Waals surface area contributed by atoms with E-state index in [1.54, 1.807) is 7.05 Å². The Morgan fingerprint density at radius 2 is 1.50 bits per heavy atom. The van der Waals surface area contributed by atoms with Gasteiger partial charge in [0.05, 0.1) is 0 Å². The first-order valence-corrected chi connectivity index (χ1v) is 5.91. The third-order valence-corrected chi connectivity index (χ3v) is 2.68. The number of rotatable bonds is 8. The van der Waals surface area contributed by atoms with Gasteiger partial charge in [0.2, 0.25) is 0 Å². The normalized spacial score (nSPS) is 12.8. The largest absolute Gasteiger partial charge is 0.624 e. The molecule has 0 aliphatic carbocycles. The molecule has 2 nitrogen and oxygen atoms in total. The zero-order valence-corrected chi connectivity index (χ0v) is 10.0. The number of hydrogen-bond donors (Lipinski definition) is 0. The van der Waals surface area contributed by atoms with Gasteiger partial charge in [0.25, 0.3) is 0 Å². The highest BCUT2D eigenvalue weighted by Gasteiger charge is 1.98. The summed E-state index contributed by atoms with van der Waals surface area (Å²) in [5.74, 6) is 0. The lowest BCUT2D eigenvalue weighted by molar-refractivity contribution is -0.424. The van der Waals surface area contributed by atoms with E-state index in [1.807, 2.05) is 6.92 Å². The predicted molar refractivity (Wildman–Crippen MR) is 62.8 cm³/mol. The second-order valence-corrected chi connectivity index (χ2v) is 4.10. The second-order valence-electron chi connectivity index (χ2n) is 4.10. The zero-order valence-electron chi connectivity index (χ0n) is 10.0. The highest BCUT2D eigenvalue weighted by atomic mass is 16.5. The van der Waals surface area contributed by atoms with E-state index in [-0.39, 0.29) is 0 Å². The smallest absolute Gasteiger partial charge is 0.160 e. The summed E-state index contributed by atoms with van der Waals surface area (Å²) in [6.45, 7) is 4.16. The van der Waals surface area contributed by atoms with Crippen LogP contribution in [-0.2, 0) is 0 Å². The van der Waals surface area contributed by atoms with Crippen molar-refractivity contribution < 1.29 is 4.74 Å². The van der Waals surface area contributed by atoms with E-state index >= 15 is 0 Å². The fraction of sp³-hybridized carbons (Fsp3) is 0.917. The Balaban J connectivity index is 3.18. The molecule has 0 aliphatic rings. The van der Waals surface area contributed by atoms with Gasteiger partial charge in [0.1, 0.15) is 7.05 Å². The van der Waals surface area contributed by atoms with Gasteiger partial charge in [0, 0.05) is 13.3 Å². The average Bonchev–Trinajstić information content (AvgIpc) is 2.16. The fourth-order valence-corrected chi connectivity index (χ4v) is 1.50. The first-order chi connectivity index (χ1) is 6.68. The number of nitrogens with zero attached hydrogens (tertiary/aromatic N) is 1. The van der Waals surface area contributed by atoms with Crippen LogP contribution in [0.3, 0.4) is 0 Å². The van der Waals surface area contributed by atoms with Crippen LogP contribution >= 0.6 is 0 Å². The molecule has 84 valence electrons. The minimum atomic E-state index is 0.957. The first-order valence-electron chi connectivity index (χ1n) is 5.91. The van der Waals surface area contributed by atoms with Gasteiger partial charge < -0.3 is 5.21 Å². The lowest BCUT2D eigenvalue weighted by atomic mass is 10.1. The Morgan fingerprint density at radius 1 is 1.00 bits per heavy atom. The summed E-state index contributed by atoms with van der Waals surface area (Å²) in [7, 11) is 1.58. The van der Waals surface area contributed by atoms with Crippen LogP contribution in [-0.4, -0.2) is 17.5 Å². The van der Waals surface area contributed by atoms with Gasteiger partial charge in [-0.2, -0.15) is 0 Å². The van der Waals surface area contributed by atoms with Gasteiger partial charge in [-0.15, -0.1) is 0 Å². The van der Waals surface area contributed by atoms with Crippen LogP contribution in [0, 0.1) is 5.21 Å². The molecule has 2 heteroatoms. The lowest BCUT2D eigenvalue weighted by Gasteiger charge is -2.03. The van der Waals surface area contributed by atoms with Gasteiger partial charge in [-0.1, -0.05) is 45.4 Å². The van der Waals surface area contributed by atoms with Gasteiger partial charge in [-0.3, -0.25) is 0 Å². The number of unbranched alkanes of at least 4 members (excludes halogenated alkanes) is 6. The van der Waals surface area contributed by atoms with Crippen molar-refractivity contribution in [2.24, 2.45) is 0 Å². The van der Waals surface area contributed by atoms with Crippen molar-refractivity contribution in [3.8, 4) is 0 Å². The maximum absolute atomic E-state index is 10.8. The molecule has 0 atom stereocenters. The molecule has 0 saturated heterocycles. The molecule has 0 N–H and O–H groups in total. The van der Waals surface area contributed by atoms with E-state index in [4.69, 9.17) is 0 Å². The summed E-state index contributed by atoms with van der Waals surface area (Å²) in [5.41, 5.74) is 0.957. The molecule has 0 radical (unpaired) electrons. The molecule has 0 aliphatic heterocycles. The standard InChI is InChI=1S/C12H25NO/c1-4-5-6-7-8-9-10-11-12(2)13(3)14/h4-11H2,1-3H3. The van der Waals surface area contributed by atoms with Gasteiger partial charge in [0.15, 0.2) is 5.71 Å². The Labute approximate surface area is 88.6 Å². The van der Waals surface area contributed by atoms with Crippen LogP contribution in [0.1, 0.15) is 65.2 Å².